The van der Waals surface area contributed by atoms with Gasteiger partial charge in [-0.3, -0.25) is 0 Å². The maximum Gasteiger partial charge on any atom is 0.420 e. The van der Waals surface area contributed by atoms with E-state index in [0.717, 1.165) is 10.5 Å². The lowest BCUT2D eigenvalue weighted by Gasteiger charge is -2.19. The fourth-order valence-corrected chi connectivity index (χ4v) is 2.63. The van der Waals surface area contributed by atoms with Gasteiger partial charge in [0.15, 0.2) is 0 Å². The minimum atomic E-state index is -0.399. The van der Waals surface area contributed by atoms with E-state index in [9.17, 15) is 4.79 Å². The fourth-order valence-electron chi connectivity index (χ4n) is 1.68. The maximum atomic E-state index is 12.2. The number of carbonyl (C=O) groups is 1. The average molecular weight is 334 g/mol. The molecular weight excluding hydrogens is 318 g/mol. The summed E-state index contributed by atoms with van der Waals surface area (Å²) in [6.07, 6.45) is 1.26. The molecule has 5 heteroatoms. The van der Waals surface area contributed by atoms with Gasteiger partial charge in [0.2, 0.25) is 0 Å². The maximum absolute atomic E-state index is 12.2. The molecule has 0 spiro atoms. The summed E-state index contributed by atoms with van der Waals surface area (Å²) in [7, 11) is 0. The molecule has 0 fully saturated rings. The van der Waals surface area contributed by atoms with Gasteiger partial charge in [-0.1, -0.05) is 48.0 Å². The van der Waals surface area contributed by atoms with Crippen LogP contribution in [0.25, 0.3) is 0 Å². The lowest BCUT2D eigenvalue weighted by molar-refractivity contribution is 0.124. The van der Waals surface area contributed by atoms with Crippen LogP contribution in [0.1, 0.15) is 5.56 Å². The monoisotopic (exact) mass is 333 g/mol. The van der Waals surface area contributed by atoms with E-state index in [-0.39, 0.29) is 6.61 Å². The number of rotatable bonds is 6. The molecule has 0 N–H and O–H groups in total. The van der Waals surface area contributed by atoms with Crippen LogP contribution in [-0.2, 0) is 11.3 Å². The number of halogens is 1. The molecule has 0 saturated carbocycles. The van der Waals surface area contributed by atoms with Gasteiger partial charge in [0.1, 0.15) is 6.61 Å². The third-order valence-electron chi connectivity index (χ3n) is 2.73. The molecule has 114 valence electrons. The van der Waals surface area contributed by atoms with Gasteiger partial charge in [-0.2, -0.15) is 0 Å². The summed E-state index contributed by atoms with van der Waals surface area (Å²) in [5.41, 5.74) is 0.950. The molecule has 0 atom stereocenters. The summed E-state index contributed by atoms with van der Waals surface area (Å²) < 4.78 is 6.84. The highest BCUT2D eigenvalue weighted by atomic mass is 35.5. The number of benzene rings is 2. The molecule has 3 nitrogen and oxygen atoms in total. The van der Waals surface area contributed by atoms with Crippen molar-refractivity contribution in [3.05, 3.63) is 77.8 Å². The van der Waals surface area contributed by atoms with Crippen LogP contribution in [0.4, 0.5) is 4.79 Å². The molecule has 0 heterocycles. The van der Waals surface area contributed by atoms with E-state index in [1.807, 2.05) is 42.5 Å². The van der Waals surface area contributed by atoms with Crippen LogP contribution < -0.4 is 0 Å². The molecule has 0 saturated heterocycles. The highest BCUT2D eigenvalue weighted by molar-refractivity contribution is 7.97. The van der Waals surface area contributed by atoms with Crippen LogP contribution in [0.15, 0.2) is 72.1 Å². The zero-order valence-corrected chi connectivity index (χ0v) is 13.5. The van der Waals surface area contributed by atoms with Crippen LogP contribution in [0.5, 0.6) is 0 Å². The topological polar surface area (TPSA) is 29.5 Å². The number of hydrogen-bond acceptors (Lipinski definition) is 3. The average Bonchev–Trinajstić information content (AvgIpc) is 2.55. The molecular formula is C17H16ClNO2S. The Hall–Kier alpha value is -1.91. The quantitative estimate of drug-likeness (QED) is 0.539. The van der Waals surface area contributed by atoms with Gasteiger partial charge in [0, 0.05) is 9.92 Å². The highest BCUT2D eigenvalue weighted by Gasteiger charge is 2.15. The number of ether oxygens (including phenoxy) is 1. The van der Waals surface area contributed by atoms with E-state index in [1.54, 1.807) is 18.2 Å². The van der Waals surface area contributed by atoms with E-state index < -0.39 is 6.09 Å². The van der Waals surface area contributed by atoms with Crippen molar-refractivity contribution in [2.24, 2.45) is 0 Å². The Kier molecular flexibility index (Phi) is 6.37. The van der Waals surface area contributed by atoms with Crippen molar-refractivity contribution in [1.82, 2.24) is 4.31 Å². The minimum absolute atomic E-state index is 0.245. The lowest BCUT2D eigenvalue weighted by atomic mass is 10.2. The molecule has 0 bridgehead atoms. The lowest BCUT2D eigenvalue weighted by Crippen LogP contribution is -2.25. The Balaban J connectivity index is 1.95. The first-order valence-electron chi connectivity index (χ1n) is 6.71. The zero-order chi connectivity index (χ0) is 15.8. The summed E-state index contributed by atoms with van der Waals surface area (Å²) in [6, 6.07) is 16.8. The van der Waals surface area contributed by atoms with Crippen molar-refractivity contribution in [1.29, 1.82) is 0 Å². The second-order valence-electron chi connectivity index (χ2n) is 4.44. The largest absolute Gasteiger partial charge is 0.444 e. The Labute approximate surface area is 139 Å². The van der Waals surface area contributed by atoms with Crippen molar-refractivity contribution in [3.63, 3.8) is 0 Å². The van der Waals surface area contributed by atoms with E-state index in [4.69, 9.17) is 16.3 Å². The number of carbonyl (C=O) groups excluding carboxylic acids is 1. The molecule has 2 aromatic carbocycles. The summed E-state index contributed by atoms with van der Waals surface area (Å²) >= 11 is 7.15. The highest BCUT2D eigenvalue weighted by Crippen LogP contribution is 2.25. The van der Waals surface area contributed by atoms with Gasteiger partial charge in [0.25, 0.3) is 0 Å². The van der Waals surface area contributed by atoms with E-state index in [0.29, 0.717) is 11.6 Å². The summed E-state index contributed by atoms with van der Waals surface area (Å²) in [4.78, 5) is 13.1. The van der Waals surface area contributed by atoms with Gasteiger partial charge < -0.3 is 4.74 Å². The minimum Gasteiger partial charge on any atom is -0.444 e. The van der Waals surface area contributed by atoms with Crippen LogP contribution in [0.3, 0.4) is 0 Å². The first-order chi connectivity index (χ1) is 10.7. The van der Waals surface area contributed by atoms with Crippen LogP contribution in [0.2, 0.25) is 5.02 Å². The molecule has 0 radical (unpaired) electrons. The van der Waals surface area contributed by atoms with E-state index in [2.05, 4.69) is 6.58 Å². The van der Waals surface area contributed by atoms with Crippen molar-refractivity contribution in [2.75, 3.05) is 6.54 Å². The predicted octanol–water partition coefficient (Wildman–Crippen LogP) is 5.17. The molecule has 0 unspecified atom stereocenters. The Morgan fingerprint density at radius 3 is 2.50 bits per heavy atom. The second-order valence-corrected chi connectivity index (χ2v) is 5.97. The van der Waals surface area contributed by atoms with Gasteiger partial charge >= 0.3 is 6.09 Å². The molecule has 0 aliphatic carbocycles. The van der Waals surface area contributed by atoms with Gasteiger partial charge in [-0.15, -0.1) is 6.58 Å². The van der Waals surface area contributed by atoms with Crippen molar-refractivity contribution in [3.8, 4) is 0 Å². The molecule has 0 aromatic heterocycles. The molecule has 2 rings (SSSR count). The normalized spacial score (nSPS) is 10.0. The predicted molar refractivity (Wildman–Crippen MR) is 90.8 cm³/mol. The molecule has 0 aliphatic heterocycles. The van der Waals surface area contributed by atoms with Crippen molar-refractivity contribution in [2.45, 2.75) is 11.5 Å². The Morgan fingerprint density at radius 1 is 1.18 bits per heavy atom. The van der Waals surface area contributed by atoms with E-state index in [1.165, 1.54) is 16.3 Å². The third-order valence-corrected chi connectivity index (χ3v) is 3.99. The smallest absolute Gasteiger partial charge is 0.420 e. The molecule has 0 aliphatic rings. The summed E-state index contributed by atoms with van der Waals surface area (Å²) in [5.74, 6) is 0. The Morgan fingerprint density at radius 2 is 1.86 bits per heavy atom. The van der Waals surface area contributed by atoms with Crippen LogP contribution in [0, 0.1) is 0 Å². The molecule has 22 heavy (non-hydrogen) atoms. The van der Waals surface area contributed by atoms with Gasteiger partial charge in [-0.25, -0.2) is 9.10 Å². The fraction of sp³-hybridized carbons (Fsp3) is 0.118. The first-order valence-corrected chi connectivity index (χ1v) is 7.87. The zero-order valence-electron chi connectivity index (χ0n) is 11.9. The van der Waals surface area contributed by atoms with Crippen LogP contribution in [-0.4, -0.2) is 16.9 Å². The third kappa shape index (κ3) is 5.13. The van der Waals surface area contributed by atoms with Gasteiger partial charge in [0.05, 0.1) is 6.54 Å². The Bertz CT molecular complexity index is 616. The molecule has 2 aromatic rings. The second kappa shape index (κ2) is 8.51. The summed E-state index contributed by atoms with van der Waals surface area (Å²) in [6.45, 7) is 4.31. The number of nitrogens with zero attached hydrogens (tertiary/aromatic N) is 1. The summed E-state index contributed by atoms with van der Waals surface area (Å²) in [5, 5.41) is 0.659. The van der Waals surface area contributed by atoms with Gasteiger partial charge in [-0.05, 0) is 41.8 Å². The van der Waals surface area contributed by atoms with Crippen LogP contribution >= 0.6 is 23.5 Å². The first kappa shape index (κ1) is 16.5. The van der Waals surface area contributed by atoms with Crippen molar-refractivity contribution < 1.29 is 9.53 Å². The number of amides is 1. The molecule has 1 amide bonds. The van der Waals surface area contributed by atoms with E-state index >= 15 is 0 Å². The SMILES string of the molecule is C=CCN(Sc1ccc(Cl)cc1)C(=O)OCc1ccccc1. The standard InChI is InChI=1S/C17H16ClNO2S/c1-2-12-19(22-16-10-8-15(18)9-11-16)17(20)21-13-14-6-4-3-5-7-14/h2-11H,1,12-13H2. The number of hydrogen-bond donors (Lipinski definition) is 0. The van der Waals surface area contributed by atoms with Crippen molar-refractivity contribution >= 4 is 29.6 Å².